The lowest BCUT2D eigenvalue weighted by Crippen LogP contribution is -2.27. The Balaban J connectivity index is 0.00000578. The number of aliphatic hydroxyl groups is 2. The second-order valence-corrected chi connectivity index (χ2v) is 9.99. The number of carbonyl (C=O) groups is 1. The monoisotopic (exact) mass is 561 g/mol. The van der Waals surface area contributed by atoms with Gasteiger partial charge >= 0.3 is 5.97 Å². The number of carboxylic acids is 1. The number of aliphatic hydroxyl groups excluding tert-OH is 2. The standard InChI is InChI=1S/C22H28FN3O6S.BrH/c1-13(2)20-18(10-9-16(27)11-17(28)12-19(29)30)21(14-5-7-15(23)8-6-14)25-22(24-20)26(3)33(4,31)32;/h5-10,13,16-17,27-28H,11-12H2,1-4H3,(H,29,30);1H/b10-9+;/t16-,17-;/m1./s1. The fourth-order valence-electron chi connectivity index (χ4n) is 3.05. The van der Waals surface area contributed by atoms with Crippen molar-refractivity contribution in [3.8, 4) is 11.3 Å². The number of benzene rings is 1. The number of anilines is 1. The molecule has 188 valence electrons. The first-order valence-electron chi connectivity index (χ1n) is 10.2. The maximum Gasteiger partial charge on any atom is 0.305 e. The van der Waals surface area contributed by atoms with Crippen molar-refractivity contribution in [1.29, 1.82) is 0 Å². The van der Waals surface area contributed by atoms with Crippen LogP contribution in [0.3, 0.4) is 0 Å². The summed E-state index contributed by atoms with van der Waals surface area (Å²) in [6.45, 7) is 3.71. The molecule has 0 amide bonds. The van der Waals surface area contributed by atoms with E-state index in [1.54, 1.807) is 0 Å². The highest BCUT2D eigenvalue weighted by molar-refractivity contribution is 8.93. The number of hydrogen-bond acceptors (Lipinski definition) is 7. The summed E-state index contributed by atoms with van der Waals surface area (Å²) in [5.41, 5.74) is 1.80. The van der Waals surface area contributed by atoms with E-state index in [-0.39, 0.29) is 35.3 Å². The van der Waals surface area contributed by atoms with E-state index < -0.39 is 40.4 Å². The quantitative estimate of drug-likeness (QED) is 0.402. The summed E-state index contributed by atoms with van der Waals surface area (Å²) in [5, 5.41) is 28.8. The van der Waals surface area contributed by atoms with Crippen LogP contribution >= 0.6 is 17.0 Å². The van der Waals surface area contributed by atoms with Crippen LogP contribution in [-0.4, -0.2) is 65.2 Å². The predicted molar refractivity (Wildman–Crippen MR) is 133 cm³/mol. The SMILES string of the molecule is Br.CC(C)c1nc(N(C)S(C)(=O)=O)nc(-c2ccc(F)cc2)c1/C=C/[C@@H](O)C[C@@H](O)CC(=O)O. The van der Waals surface area contributed by atoms with Gasteiger partial charge in [-0.25, -0.2) is 27.1 Å². The molecule has 0 radical (unpaired) electrons. The Bertz CT molecular complexity index is 1130. The third kappa shape index (κ3) is 8.12. The first-order valence-corrected chi connectivity index (χ1v) is 12.0. The zero-order chi connectivity index (χ0) is 24.9. The van der Waals surface area contributed by atoms with Crippen molar-refractivity contribution in [1.82, 2.24) is 9.97 Å². The lowest BCUT2D eigenvalue weighted by molar-refractivity contribution is -0.139. The molecule has 0 aliphatic rings. The second-order valence-electron chi connectivity index (χ2n) is 7.98. The Hall–Kier alpha value is -2.41. The molecule has 0 unspecified atom stereocenters. The van der Waals surface area contributed by atoms with E-state index in [9.17, 15) is 27.8 Å². The lowest BCUT2D eigenvalue weighted by atomic mass is 9.97. The maximum absolute atomic E-state index is 13.5. The number of aromatic nitrogens is 2. The van der Waals surface area contributed by atoms with Gasteiger partial charge in [0.2, 0.25) is 16.0 Å². The van der Waals surface area contributed by atoms with Crippen molar-refractivity contribution < 1.29 is 32.9 Å². The van der Waals surface area contributed by atoms with Crippen molar-refractivity contribution in [2.75, 3.05) is 17.6 Å². The minimum Gasteiger partial charge on any atom is -0.481 e. The van der Waals surface area contributed by atoms with Crippen molar-refractivity contribution >= 4 is 45.0 Å². The fraction of sp³-hybridized carbons (Fsp3) is 0.409. The number of hydrogen-bond donors (Lipinski definition) is 3. The molecule has 3 N–H and O–H groups in total. The number of halogens is 2. The highest BCUT2D eigenvalue weighted by atomic mass is 79.9. The molecule has 0 aliphatic carbocycles. The van der Waals surface area contributed by atoms with Gasteiger partial charge in [0.05, 0.1) is 36.3 Å². The van der Waals surface area contributed by atoms with Crippen molar-refractivity contribution in [2.24, 2.45) is 0 Å². The summed E-state index contributed by atoms with van der Waals surface area (Å²) in [6, 6.07) is 5.49. The molecule has 1 heterocycles. The molecule has 1 aromatic heterocycles. The average molecular weight is 562 g/mol. The van der Waals surface area contributed by atoms with Crippen LogP contribution in [0.25, 0.3) is 17.3 Å². The van der Waals surface area contributed by atoms with Crippen LogP contribution in [0.1, 0.15) is 43.9 Å². The third-order valence-electron chi connectivity index (χ3n) is 4.82. The van der Waals surface area contributed by atoms with Crippen LogP contribution in [-0.2, 0) is 14.8 Å². The van der Waals surface area contributed by atoms with Gasteiger partial charge in [-0.05, 0) is 30.2 Å². The van der Waals surface area contributed by atoms with Crippen LogP contribution in [0.15, 0.2) is 30.3 Å². The largest absolute Gasteiger partial charge is 0.481 e. The van der Waals surface area contributed by atoms with E-state index in [0.717, 1.165) is 10.6 Å². The van der Waals surface area contributed by atoms with E-state index in [1.165, 1.54) is 43.5 Å². The molecule has 2 atom stereocenters. The third-order valence-corrected chi connectivity index (χ3v) is 5.97. The van der Waals surface area contributed by atoms with Gasteiger partial charge in [0.25, 0.3) is 0 Å². The van der Waals surface area contributed by atoms with Crippen LogP contribution in [0.5, 0.6) is 0 Å². The number of sulfonamides is 1. The van der Waals surface area contributed by atoms with Gasteiger partial charge in [-0.1, -0.05) is 26.0 Å². The van der Waals surface area contributed by atoms with Crippen molar-refractivity contribution in [2.45, 2.75) is 44.8 Å². The fourth-order valence-corrected chi connectivity index (χ4v) is 3.42. The zero-order valence-electron chi connectivity index (χ0n) is 19.2. The molecule has 0 spiro atoms. The van der Waals surface area contributed by atoms with E-state index >= 15 is 0 Å². The first-order chi connectivity index (χ1) is 15.3. The molecular weight excluding hydrogens is 533 g/mol. The average Bonchev–Trinajstić information content (AvgIpc) is 2.70. The molecule has 0 fully saturated rings. The van der Waals surface area contributed by atoms with Gasteiger partial charge < -0.3 is 15.3 Å². The normalized spacial score (nSPS) is 13.5. The highest BCUT2D eigenvalue weighted by Gasteiger charge is 2.22. The maximum atomic E-state index is 13.5. The summed E-state index contributed by atoms with van der Waals surface area (Å²) in [5.74, 6) is -1.87. The molecule has 0 aliphatic heterocycles. The van der Waals surface area contributed by atoms with E-state index in [2.05, 4.69) is 9.97 Å². The topological polar surface area (TPSA) is 141 Å². The van der Waals surface area contributed by atoms with Gasteiger partial charge in [-0.15, -0.1) is 17.0 Å². The van der Waals surface area contributed by atoms with Gasteiger partial charge in [-0.2, -0.15) is 0 Å². The first kappa shape index (κ1) is 29.6. The molecule has 0 saturated heterocycles. The highest BCUT2D eigenvalue weighted by Crippen LogP contribution is 2.31. The number of rotatable bonds is 10. The van der Waals surface area contributed by atoms with Gasteiger partial charge in [0.15, 0.2) is 0 Å². The summed E-state index contributed by atoms with van der Waals surface area (Å²) in [4.78, 5) is 19.6. The molecule has 34 heavy (non-hydrogen) atoms. The molecule has 2 rings (SSSR count). The van der Waals surface area contributed by atoms with Crippen LogP contribution in [0, 0.1) is 5.82 Å². The van der Waals surface area contributed by atoms with Crippen LogP contribution < -0.4 is 4.31 Å². The number of nitrogens with zero attached hydrogens (tertiary/aromatic N) is 3. The molecule has 0 saturated carbocycles. The molecule has 2 aromatic rings. The van der Waals surface area contributed by atoms with Crippen molar-refractivity contribution in [3.63, 3.8) is 0 Å². The lowest BCUT2D eigenvalue weighted by Gasteiger charge is -2.20. The van der Waals surface area contributed by atoms with Crippen molar-refractivity contribution in [3.05, 3.63) is 47.4 Å². The smallest absolute Gasteiger partial charge is 0.305 e. The molecule has 12 heteroatoms. The number of carboxylic acid groups (broad SMARTS) is 1. The number of aliphatic carboxylic acids is 1. The Labute approximate surface area is 208 Å². The molecule has 0 bridgehead atoms. The minimum absolute atomic E-state index is 0. The Morgan fingerprint density at radius 3 is 2.26 bits per heavy atom. The van der Waals surface area contributed by atoms with Crippen LogP contribution in [0.2, 0.25) is 0 Å². The van der Waals surface area contributed by atoms with E-state index in [4.69, 9.17) is 5.11 Å². The Morgan fingerprint density at radius 2 is 1.76 bits per heavy atom. The minimum atomic E-state index is -3.65. The Morgan fingerprint density at radius 1 is 1.18 bits per heavy atom. The predicted octanol–water partition coefficient (Wildman–Crippen LogP) is 2.98. The second kappa shape index (κ2) is 12.3. The Kier molecular flexibility index (Phi) is 10.8. The van der Waals surface area contributed by atoms with Gasteiger partial charge in [-0.3, -0.25) is 4.79 Å². The summed E-state index contributed by atoms with van der Waals surface area (Å²) < 4.78 is 38.6. The molecule has 1 aromatic carbocycles. The summed E-state index contributed by atoms with van der Waals surface area (Å²) in [6.07, 6.45) is 0.860. The van der Waals surface area contributed by atoms with E-state index in [0.29, 0.717) is 22.5 Å². The van der Waals surface area contributed by atoms with E-state index in [1.807, 2.05) is 13.8 Å². The summed E-state index contributed by atoms with van der Waals surface area (Å²) in [7, 11) is -2.33. The van der Waals surface area contributed by atoms with Gasteiger partial charge in [0.1, 0.15) is 5.82 Å². The zero-order valence-corrected chi connectivity index (χ0v) is 21.7. The molecular formula is C22H29BrFN3O6S. The molecule has 9 nitrogen and oxygen atoms in total. The van der Waals surface area contributed by atoms with Gasteiger partial charge in [0, 0.05) is 24.6 Å². The van der Waals surface area contributed by atoms with Crippen LogP contribution in [0.4, 0.5) is 10.3 Å². The summed E-state index contributed by atoms with van der Waals surface area (Å²) >= 11 is 0.